The smallest absolute Gasteiger partial charge is 0.0791 e. The van der Waals surface area contributed by atoms with Crippen molar-refractivity contribution in [2.45, 2.75) is 51.8 Å². The molecular formula is C14H31N3O. The summed E-state index contributed by atoms with van der Waals surface area (Å²) in [6.07, 6.45) is 2.11. The van der Waals surface area contributed by atoms with E-state index in [0.29, 0.717) is 18.6 Å². The van der Waals surface area contributed by atoms with Gasteiger partial charge in [0.1, 0.15) is 0 Å². The van der Waals surface area contributed by atoms with Crippen molar-refractivity contribution < 1.29 is 5.11 Å². The predicted molar refractivity (Wildman–Crippen MR) is 76.9 cm³/mol. The minimum Gasteiger partial charge on any atom is -0.390 e. The fraction of sp³-hybridized carbons (Fsp3) is 1.00. The number of hydrogen-bond acceptors (Lipinski definition) is 4. The van der Waals surface area contributed by atoms with Gasteiger partial charge in [-0.3, -0.25) is 4.90 Å². The molecule has 4 heteroatoms. The lowest BCUT2D eigenvalue weighted by Gasteiger charge is -2.32. The van der Waals surface area contributed by atoms with Gasteiger partial charge in [-0.25, -0.2) is 0 Å². The van der Waals surface area contributed by atoms with Gasteiger partial charge in [-0.2, -0.15) is 0 Å². The molecule has 0 aromatic carbocycles. The molecule has 4 nitrogen and oxygen atoms in total. The van der Waals surface area contributed by atoms with Crippen LogP contribution in [0, 0.1) is 0 Å². The van der Waals surface area contributed by atoms with Crippen LogP contribution in [-0.2, 0) is 0 Å². The molecule has 2 N–H and O–H groups in total. The molecule has 18 heavy (non-hydrogen) atoms. The fourth-order valence-electron chi connectivity index (χ4n) is 2.63. The second kappa shape index (κ2) is 8.10. The van der Waals surface area contributed by atoms with Crippen LogP contribution >= 0.6 is 0 Å². The van der Waals surface area contributed by atoms with Gasteiger partial charge in [0.25, 0.3) is 0 Å². The SMILES string of the molecule is CCC1CN(C)CCCN1CC(O)CNC(C)C. The third kappa shape index (κ3) is 5.65. The first-order valence-corrected chi connectivity index (χ1v) is 7.37. The lowest BCUT2D eigenvalue weighted by molar-refractivity contribution is 0.0836. The third-order valence-corrected chi connectivity index (χ3v) is 3.70. The molecule has 1 aliphatic rings. The van der Waals surface area contributed by atoms with Crippen LogP contribution in [0.2, 0.25) is 0 Å². The number of nitrogens with zero attached hydrogens (tertiary/aromatic N) is 2. The zero-order chi connectivity index (χ0) is 13.5. The molecular weight excluding hydrogens is 226 g/mol. The summed E-state index contributed by atoms with van der Waals surface area (Å²) in [5.74, 6) is 0. The quantitative estimate of drug-likeness (QED) is 0.737. The fourth-order valence-corrected chi connectivity index (χ4v) is 2.63. The number of aliphatic hydroxyl groups excluding tert-OH is 1. The van der Waals surface area contributed by atoms with Crippen LogP contribution in [0.3, 0.4) is 0 Å². The van der Waals surface area contributed by atoms with E-state index in [9.17, 15) is 5.11 Å². The van der Waals surface area contributed by atoms with E-state index < -0.39 is 0 Å². The van der Waals surface area contributed by atoms with Crippen molar-refractivity contribution in [2.24, 2.45) is 0 Å². The number of aliphatic hydroxyl groups is 1. The molecule has 1 fully saturated rings. The number of rotatable bonds is 6. The summed E-state index contributed by atoms with van der Waals surface area (Å²) in [6, 6.07) is 1.03. The van der Waals surface area contributed by atoms with Gasteiger partial charge in [-0.05, 0) is 33.0 Å². The molecule has 2 atom stereocenters. The monoisotopic (exact) mass is 257 g/mol. The Hall–Kier alpha value is -0.160. The average Bonchev–Trinajstić information content (AvgIpc) is 2.48. The van der Waals surface area contributed by atoms with E-state index in [4.69, 9.17) is 0 Å². The summed E-state index contributed by atoms with van der Waals surface area (Å²) in [6.45, 7) is 11.4. The Kier molecular flexibility index (Phi) is 7.15. The van der Waals surface area contributed by atoms with E-state index in [1.807, 2.05) is 0 Å². The molecule has 108 valence electrons. The first-order valence-electron chi connectivity index (χ1n) is 7.37. The van der Waals surface area contributed by atoms with Gasteiger partial charge in [0, 0.05) is 31.7 Å². The zero-order valence-electron chi connectivity index (χ0n) is 12.5. The number of likely N-dealkylation sites (N-methyl/N-ethyl adjacent to an activating group) is 1. The summed E-state index contributed by atoms with van der Waals surface area (Å²) in [4.78, 5) is 4.88. The molecule has 0 amide bonds. The van der Waals surface area contributed by atoms with E-state index in [2.05, 4.69) is 42.9 Å². The second-order valence-electron chi connectivity index (χ2n) is 5.89. The molecule has 0 radical (unpaired) electrons. The molecule has 0 aromatic rings. The average molecular weight is 257 g/mol. The highest BCUT2D eigenvalue weighted by Gasteiger charge is 2.23. The van der Waals surface area contributed by atoms with Gasteiger partial charge in [-0.15, -0.1) is 0 Å². The van der Waals surface area contributed by atoms with Crippen LogP contribution in [0.4, 0.5) is 0 Å². The van der Waals surface area contributed by atoms with Crippen LogP contribution in [0.15, 0.2) is 0 Å². The van der Waals surface area contributed by atoms with Crippen molar-refractivity contribution in [2.75, 3.05) is 39.8 Å². The highest BCUT2D eigenvalue weighted by atomic mass is 16.3. The Bertz CT molecular complexity index is 223. The maximum Gasteiger partial charge on any atom is 0.0791 e. The molecule has 2 unspecified atom stereocenters. The first kappa shape index (κ1) is 15.9. The maximum absolute atomic E-state index is 10.1. The Balaban J connectivity index is 2.41. The molecule has 1 saturated heterocycles. The second-order valence-corrected chi connectivity index (χ2v) is 5.89. The van der Waals surface area contributed by atoms with Crippen molar-refractivity contribution in [1.82, 2.24) is 15.1 Å². The Morgan fingerprint density at radius 3 is 2.67 bits per heavy atom. The molecule has 1 aliphatic heterocycles. The number of β-amino-alcohol motifs (C(OH)–C–C–N with tert-alkyl or cyclic N) is 1. The molecule has 1 heterocycles. The minimum absolute atomic E-state index is 0.259. The summed E-state index contributed by atoms with van der Waals surface area (Å²) < 4.78 is 0. The summed E-state index contributed by atoms with van der Waals surface area (Å²) in [7, 11) is 2.20. The van der Waals surface area contributed by atoms with E-state index in [1.165, 1.54) is 13.0 Å². The lowest BCUT2D eigenvalue weighted by Crippen LogP contribution is -2.46. The van der Waals surface area contributed by atoms with Crippen LogP contribution in [-0.4, -0.2) is 72.9 Å². The molecule has 0 aromatic heterocycles. The highest BCUT2D eigenvalue weighted by molar-refractivity contribution is 4.80. The minimum atomic E-state index is -0.259. The molecule has 1 rings (SSSR count). The van der Waals surface area contributed by atoms with Gasteiger partial charge in [0.2, 0.25) is 0 Å². The summed E-state index contributed by atoms with van der Waals surface area (Å²) in [5, 5.41) is 13.4. The van der Waals surface area contributed by atoms with Gasteiger partial charge in [-0.1, -0.05) is 20.8 Å². The topological polar surface area (TPSA) is 38.7 Å². The predicted octanol–water partition coefficient (Wildman–Crippen LogP) is 0.761. The largest absolute Gasteiger partial charge is 0.390 e. The Morgan fingerprint density at radius 2 is 2.06 bits per heavy atom. The highest BCUT2D eigenvalue weighted by Crippen LogP contribution is 2.12. The molecule has 0 saturated carbocycles. The van der Waals surface area contributed by atoms with Crippen molar-refractivity contribution >= 4 is 0 Å². The van der Waals surface area contributed by atoms with Crippen LogP contribution < -0.4 is 5.32 Å². The van der Waals surface area contributed by atoms with Crippen molar-refractivity contribution in [3.8, 4) is 0 Å². The van der Waals surface area contributed by atoms with Gasteiger partial charge < -0.3 is 15.3 Å². The maximum atomic E-state index is 10.1. The molecule has 0 aliphatic carbocycles. The van der Waals surface area contributed by atoms with Crippen LogP contribution in [0.1, 0.15) is 33.6 Å². The normalized spacial score (nSPS) is 25.3. The van der Waals surface area contributed by atoms with E-state index in [0.717, 1.165) is 26.1 Å². The lowest BCUT2D eigenvalue weighted by atomic mass is 10.1. The van der Waals surface area contributed by atoms with Gasteiger partial charge >= 0.3 is 0 Å². The standard InChI is InChI=1S/C14H31N3O/c1-5-13-10-16(4)7-6-8-17(13)11-14(18)9-15-12(2)3/h12-15,18H,5-11H2,1-4H3. The zero-order valence-corrected chi connectivity index (χ0v) is 12.5. The van der Waals surface area contributed by atoms with Crippen molar-refractivity contribution in [1.29, 1.82) is 0 Å². The molecule has 0 spiro atoms. The number of hydrogen-bond donors (Lipinski definition) is 2. The van der Waals surface area contributed by atoms with E-state index in [-0.39, 0.29) is 6.10 Å². The first-order chi connectivity index (χ1) is 8.52. The van der Waals surface area contributed by atoms with E-state index >= 15 is 0 Å². The van der Waals surface area contributed by atoms with Crippen LogP contribution in [0.25, 0.3) is 0 Å². The molecule has 0 bridgehead atoms. The Morgan fingerprint density at radius 1 is 1.33 bits per heavy atom. The van der Waals surface area contributed by atoms with E-state index in [1.54, 1.807) is 0 Å². The number of nitrogens with one attached hydrogen (secondary N) is 1. The van der Waals surface area contributed by atoms with Crippen LogP contribution in [0.5, 0.6) is 0 Å². The summed E-state index contributed by atoms with van der Waals surface area (Å²) >= 11 is 0. The summed E-state index contributed by atoms with van der Waals surface area (Å²) in [5.41, 5.74) is 0. The van der Waals surface area contributed by atoms with Gasteiger partial charge in [0.05, 0.1) is 6.10 Å². The van der Waals surface area contributed by atoms with Crippen molar-refractivity contribution in [3.05, 3.63) is 0 Å². The van der Waals surface area contributed by atoms with Crippen molar-refractivity contribution in [3.63, 3.8) is 0 Å². The van der Waals surface area contributed by atoms with Gasteiger partial charge in [0.15, 0.2) is 0 Å². The Labute approximate surface area is 112 Å². The third-order valence-electron chi connectivity index (χ3n) is 3.70.